The van der Waals surface area contributed by atoms with Crippen molar-refractivity contribution < 1.29 is 9.59 Å². The van der Waals surface area contributed by atoms with Gasteiger partial charge in [0.25, 0.3) is 5.91 Å². The van der Waals surface area contributed by atoms with Gasteiger partial charge in [-0.3, -0.25) is 14.6 Å². The van der Waals surface area contributed by atoms with E-state index in [0.29, 0.717) is 13.0 Å². The van der Waals surface area contributed by atoms with Gasteiger partial charge in [-0.05, 0) is 18.9 Å². The van der Waals surface area contributed by atoms with Gasteiger partial charge in [-0.2, -0.15) is 5.10 Å². The van der Waals surface area contributed by atoms with E-state index in [9.17, 15) is 9.59 Å². The summed E-state index contributed by atoms with van der Waals surface area (Å²) in [6.07, 6.45) is 8.29. The van der Waals surface area contributed by atoms with Crippen LogP contribution in [0.15, 0.2) is 29.6 Å². The zero-order chi connectivity index (χ0) is 14.2. The molecule has 2 rings (SSSR count). The molecule has 0 spiro atoms. The van der Waals surface area contributed by atoms with Crippen LogP contribution in [-0.4, -0.2) is 41.0 Å². The number of hydrogen-bond donors (Lipinski definition) is 1. The van der Waals surface area contributed by atoms with Crippen LogP contribution in [0.5, 0.6) is 0 Å². The maximum Gasteiger partial charge on any atom is 0.259 e. The summed E-state index contributed by atoms with van der Waals surface area (Å²) >= 11 is 0. The van der Waals surface area contributed by atoms with E-state index in [1.54, 1.807) is 23.4 Å². The summed E-state index contributed by atoms with van der Waals surface area (Å²) in [6, 6.07) is 3.63. The summed E-state index contributed by atoms with van der Waals surface area (Å²) in [4.78, 5) is 29.0. The van der Waals surface area contributed by atoms with Crippen molar-refractivity contribution in [2.24, 2.45) is 5.10 Å². The van der Waals surface area contributed by atoms with Crippen LogP contribution in [-0.2, 0) is 9.59 Å². The lowest BCUT2D eigenvalue weighted by molar-refractivity contribution is -0.135. The number of hydrogen-bond acceptors (Lipinski definition) is 4. The minimum atomic E-state index is -0.277. The van der Waals surface area contributed by atoms with Gasteiger partial charge < -0.3 is 4.90 Å². The Bertz CT molecular complexity index is 487. The first-order valence-electron chi connectivity index (χ1n) is 6.75. The molecule has 0 bridgehead atoms. The van der Waals surface area contributed by atoms with Gasteiger partial charge in [0.15, 0.2) is 0 Å². The van der Waals surface area contributed by atoms with Crippen molar-refractivity contribution >= 4 is 18.0 Å². The van der Waals surface area contributed by atoms with Gasteiger partial charge in [-0.1, -0.05) is 12.5 Å². The predicted molar refractivity (Wildman–Crippen MR) is 75.0 cm³/mol. The molecule has 0 radical (unpaired) electrons. The Balaban J connectivity index is 1.80. The molecule has 1 N–H and O–H groups in total. The maximum absolute atomic E-state index is 11.7. The van der Waals surface area contributed by atoms with Crippen LogP contribution in [0, 0.1) is 0 Å². The van der Waals surface area contributed by atoms with E-state index < -0.39 is 0 Å². The van der Waals surface area contributed by atoms with Crippen LogP contribution >= 0.6 is 0 Å². The van der Waals surface area contributed by atoms with Crippen LogP contribution in [0.3, 0.4) is 0 Å². The van der Waals surface area contributed by atoms with E-state index in [4.69, 9.17) is 0 Å². The quantitative estimate of drug-likeness (QED) is 0.655. The van der Waals surface area contributed by atoms with E-state index in [1.807, 2.05) is 6.07 Å². The Morgan fingerprint density at radius 1 is 1.45 bits per heavy atom. The predicted octanol–water partition coefficient (Wildman–Crippen LogP) is 0.934. The third kappa shape index (κ3) is 4.46. The van der Waals surface area contributed by atoms with E-state index in [1.165, 1.54) is 6.21 Å². The summed E-state index contributed by atoms with van der Waals surface area (Å²) in [5.74, 6) is -0.228. The summed E-state index contributed by atoms with van der Waals surface area (Å²) in [7, 11) is 0. The van der Waals surface area contributed by atoms with Crippen molar-refractivity contribution in [2.75, 3.05) is 13.1 Å². The Morgan fingerprint density at radius 3 is 3.15 bits per heavy atom. The van der Waals surface area contributed by atoms with Crippen molar-refractivity contribution in [3.63, 3.8) is 0 Å². The minimum absolute atomic E-state index is 0.0499. The Labute approximate surface area is 117 Å². The number of hydrazone groups is 1. The normalized spacial score (nSPS) is 16.2. The molecule has 6 nitrogen and oxygen atoms in total. The first-order chi connectivity index (χ1) is 9.75. The van der Waals surface area contributed by atoms with Gasteiger partial charge in [-0.15, -0.1) is 0 Å². The Hall–Kier alpha value is -2.24. The van der Waals surface area contributed by atoms with Crippen LogP contribution in [0.1, 0.15) is 31.2 Å². The zero-order valence-electron chi connectivity index (χ0n) is 11.3. The standard InChI is InChI=1S/C14H18N4O2/c19-13(11-18-8-3-1-2-6-14(18)20)17-16-10-12-5-4-7-15-9-12/h4-5,7,9-10H,1-3,6,8,11H2,(H,17,19)/b16-10-. The Morgan fingerprint density at radius 2 is 2.35 bits per heavy atom. The van der Waals surface area contributed by atoms with E-state index in [-0.39, 0.29) is 18.4 Å². The van der Waals surface area contributed by atoms with Gasteiger partial charge in [0.05, 0.1) is 6.21 Å². The minimum Gasteiger partial charge on any atom is -0.333 e. The summed E-state index contributed by atoms with van der Waals surface area (Å²) in [5.41, 5.74) is 3.23. The third-order valence-electron chi connectivity index (χ3n) is 3.09. The molecule has 2 heterocycles. The van der Waals surface area contributed by atoms with E-state index in [2.05, 4.69) is 15.5 Å². The maximum atomic E-state index is 11.7. The topological polar surface area (TPSA) is 74.7 Å². The fourth-order valence-corrected chi connectivity index (χ4v) is 2.05. The molecule has 6 heteroatoms. The second-order valence-electron chi connectivity index (χ2n) is 4.71. The highest BCUT2D eigenvalue weighted by Gasteiger charge is 2.18. The molecule has 106 valence electrons. The molecule has 1 fully saturated rings. The summed E-state index contributed by atoms with van der Waals surface area (Å²) in [6.45, 7) is 0.724. The molecule has 1 aliphatic rings. The fraction of sp³-hybridized carbons (Fsp3) is 0.429. The van der Waals surface area contributed by atoms with Crippen molar-refractivity contribution in [3.8, 4) is 0 Å². The highest BCUT2D eigenvalue weighted by Crippen LogP contribution is 2.10. The van der Waals surface area contributed by atoms with Crippen LogP contribution in [0.2, 0.25) is 0 Å². The monoisotopic (exact) mass is 274 g/mol. The molecule has 1 aromatic rings. The smallest absolute Gasteiger partial charge is 0.259 e. The number of carbonyl (C=O) groups is 2. The molecule has 1 aromatic heterocycles. The number of nitrogens with zero attached hydrogens (tertiary/aromatic N) is 3. The Kier molecular flexibility index (Phi) is 5.23. The largest absolute Gasteiger partial charge is 0.333 e. The second-order valence-corrected chi connectivity index (χ2v) is 4.71. The molecule has 0 saturated carbocycles. The van der Waals surface area contributed by atoms with Crippen molar-refractivity contribution in [1.29, 1.82) is 0 Å². The van der Waals surface area contributed by atoms with Gasteiger partial charge in [0.2, 0.25) is 5.91 Å². The zero-order valence-corrected chi connectivity index (χ0v) is 11.3. The average Bonchev–Trinajstić information content (AvgIpc) is 2.65. The SMILES string of the molecule is O=C(CN1CCCCCC1=O)N/N=C\c1cccnc1. The molecular formula is C14H18N4O2. The van der Waals surface area contributed by atoms with Crippen molar-refractivity contribution in [3.05, 3.63) is 30.1 Å². The fourth-order valence-electron chi connectivity index (χ4n) is 2.05. The number of likely N-dealkylation sites (tertiary alicyclic amines) is 1. The number of carbonyl (C=O) groups excluding carboxylic acids is 2. The number of rotatable bonds is 4. The molecule has 0 aliphatic carbocycles. The molecule has 2 amide bonds. The highest BCUT2D eigenvalue weighted by molar-refractivity contribution is 5.86. The second kappa shape index (κ2) is 7.37. The van der Waals surface area contributed by atoms with Crippen LogP contribution < -0.4 is 5.43 Å². The molecule has 1 saturated heterocycles. The van der Waals surface area contributed by atoms with Gasteiger partial charge in [-0.25, -0.2) is 5.43 Å². The summed E-state index contributed by atoms with van der Waals surface area (Å²) < 4.78 is 0. The lowest BCUT2D eigenvalue weighted by atomic mass is 10.2. The van der Waals surface area contributed by atoms with Crippen LogP contribution in [0.4, 0.5) is 0 Å². The van der Waals surface area contributed by atoms with Gasteiger partial charge >= 0.3 is 0 Å². The molecule has 0 atom stereocenters. The summed E-state index contributed by atoms with van der Waals surface area (Å²) in [5, 5.41) is 3.85. The number of aromatic nitrogens is 1. The van der Waals surface area contributed by atoms with E-state index >= 15 is 0 Å². The van der Waals surface area contributed by atoms with Gasteiger partial charge in [0.1, 0.15) is 6.54 Å². The van der Waals surface area contributed by atoms with E-state index in [0.717, 1.165) is 24.8 Å². The number of nitrogens with one attached hydrogen (secondary N) is 1. The first kappa shape index (κ1) is 14.2. The van der Waals surface area contributed by atoms with Gasteiger partial charge in [0, 0.05) is 30.9 Å². The van der Waals surface area contributed by atoms with Crippen LogP contribution in [0.25, 0.3) is 0 Å². The lowest BCUT2D eigenvalue weighted by Gasteiger charge is -2.18. The third-order valence-corrected chi connectivity index (χ3v) is 3.09. The molecular weight excluding hydrogens is 256 g/mol. The van der Waals surface area contributed by atoms with Crippen molar-refractivity contribution in [2.45, 2.75) is 25.7 Å². The first-order valence-corrected chi connectivity index (χ1v) is 6.75. The number of amides is 2. The van der Waals surface area contributed by atoms with Crippen molar-refractivity contribution in [1.82, 2.24) is 15.3 Å². The average molecular weight is 274 g/mol. The lowest BCUT2D eigenvalue weighted by Crippen LogP contribution is -2.39. The molecule has 1 aliphatic heterocycles. The molecule has 20 heavy (non-hydrogen) atoms. The number of pyridine rings is 1. The molecule has 0 aromatic carbocycles. The highest BCUT2D eigenvalue weighted by atomic mass is 16.2. The molecule has 0 unspecified atom stereocenters.